The highest BCUT2D eigenvalue weighted by molar-refractivity contribution is 5.65. The first-order chi connectivity index (χ1) is 14.4. The van der Waals surface area contributed by atoms with E-state index < -0.39 is 29.2 Å². The molecule has 0 amide bonds. The van der Waals surface area contributed by atoms with Crippen LogP contribution in [0.15, 0.2) is 48.5 Å². The largest absolute Gasteiger partial charge is 0.456 e. The normalized spacial score (nSPS) is 26.1. The van der Waals surface area contributed by atoms with Crippen molar-refractivity contribution in [1.29, 1.82) is 0 Å². The highest BCUT2D eigenvalue weighted by Crippen LogP contribution is 2.46. The third-order valence-corrected chi connectivity index (χ3v) is 5.39. The van der Waals surface area contributed by atoms with Crippen molar-refractivity contribution < 1.29 is 32.1 Å². The van der Waals surface area contributed by atoms with Crippen LogP contribution in [0, 0.1) is 17.0 Å². The van der Waals surface area contributed by atoms with Crippen molar-refractivity contribution in [3.63, 3.8) is 0 Å². The van der Waals surface area contributed by atoms with E-state index in [0.29, 0.717) is 42.8 Å². The van der Waals surface area contributed by atoms with Gasteiger partial charge in [-0.05, 0) is 36.6 Å². The van der Waals surface area contributed by atoms with E-state index in [2.05, 4.69) is 6.92 Å². The van der Waals surface area contributed by atoms with E-state index in [9.17, 15) is 13.2 Å². The third-order valence-electron chi connectivity index (χ3n) is 5.39. The first-order valence-corrected chi connectivity index (χ1v) is 9.87. The van der Waals surface area contributed by atoms with Gasteiger partial charge in [-0.3, -0.25) is 0 Å². The molecular formula is C23H23F3O4. The lowest BCUT2D eigenvalue weighted by Crippen LogP contribution is -2.58. The Balaban J connectivity index is 1.54. The lowest BCUT2D eigenvalue weighted by atomic mass is 9.83. The van der Waals surface area contributed by atoms with Crippen molar-refractivity contribution in [2.75, 3.05) is 19.8 Å². The number of ether oxygens (including phenoxy) is 4. The van der Waals surface area contributed by atoms with Crippen LogP contribution in [-0.2, 0) is 20.2 Å². The van der Waals surface area contributed by atoms with E-state index in [1.165, 1.54) is 0 Å². The molecule has 3 heterocycles. The molecule has 0 spiro atoms. The molecule has 3 aliphatic heterocycles. The van der Waals surface area contributed by atoms with Crippen molar-refractivity contribution in [3.05, 3.63) is 65.7 Å². The van der Waals surface area contributed by atoms with Crippen LogP contribution < -0.4 is 4.74 Å². The molecule has 3 fully saturated rings. The molecule has 0 N–H and O–H groups in total. The molecule has 3 saturated heterocycles. The van der Waals surface area contributed by atoms with E-state index in [0.717, 1.165) is 31.9 Å². The first kappa shape index (κ1) is 20.9. The minimum atomic E-state index is -1.24. The molecule has 3 aliphatic rings. The number of hydrogen-bond donors (Lipinski definition) is 0. The van der Waals surface area contributed by atoms with Gasteiger partial charge in [-0.2, -0.15) is 0 Å². The van der Waals surface area contributed by atoms with Gasteiger partial charge in [0.25, 0.3) is 0 Å². The zero-order valence-electron chi connectivity index (χ0n) is 16.8. The molecule has 0 saturated carbocycles. The summed E-state index contributed by atoms with van der Waals surface area (Å²) in [5, 5.41) is 0. The summed E-state index contributed by atoms with van der Waals surface area (Å²) >= 11 is 0. The molecule has 2 aromatic rings. The van der Waals surface area contributed by atoms with Gasteiger partial charge < -0.3 is 18.9 Å². The van der Waals surface area contributed by atoms with Gasteiger partial charge in [0.05, 0.1) is 19.8 Å². The molecule has 0 aromatic heterocycles. The van der Waals surface area contributed by atoms with Crippen molar-refractivity contribution >= 4 is 0 Å². The van der Waals surface area contributed by atoms with Crippen LogP contribution in [0.5, 0.6) is 5.75 Å². The maximum absolute atomic E-state index is 14.3. The number of fused-ring (bicyclic) bond motifs is 3. The number of benzene rings is 2. The summed E-state index contributed by atoms with van der Waals surface area (Å²) in [6, 6.07) is 9.20. The average molecular weight is 420 g/mol. The van der Waals surface area contributed by atoms with E-state index in [4.69, 9.17) is 18.9 Å². The van der Waals surface area contributed by atoms with Crippen LogP contribution in [0.2, 0.25) is 0 Å². The Morgan fingerprint density at radius 3 is 2.07 bits per heavy atom. The number of hydrogen-bond acceptors (Lipinski definition) is 4. The Morgan fingerprint density at radius 1 is 1.00 bits per heavy atom. The Morgan fingerprint density at radius 2 is 1.57 bits per heavy atom. The summed E-state index contributed by atoms with van der Waals surface area (Å²) in [4.78, 5) is 0. The molecule has 2 aromatic carbocycles. The Kier molecular flexibility index (Phi) is 5.61. The van der Waals surface area contributed by atoms with Gasteiger partial charge in [-0.15, -0.1) is 0 Å². The summed E-state index contributed by atoms with van der Waals surface area (Å²) < 4.78 is 63.8. The zero-order valence-corrected chi connectivity index (χ0v) is 16.8. The van der Waals surface area contributed by atoms with Crippen molar-refractivity contribution in [1.82, 2.24) is 0 Å². The SMILES string of the molecule is CCCC12COC(c3ccc(-c4cc(F)c(O/C=C(/C)F)c(F)c4)cc3)(OC1)OC2. The number of halogens is 3. The molecule has 30 heavy (non-hydrogen) atoms. The Hall–Kier alpha value is -2.35. The second-order valence-electron chi connectivity index (χ2n) is 7.84. The van der Waals surface area contributed by atoms with E-state index in [1.54, 1.807) is 24.3 Å². The monoisotopic (exact) mass is 420 g/mol. The third kappa shape index (κ3) is 3.85. The fraction of sp³-hybridized carbons (Fsp3) is 0.391. The predicted octanol–water partition coefficient (Wildman–Crippen LogP) is 5.82. The fourth-order valence-corrected chi connectivity index (χ4v) is 3.84. The molecule has 160 valence electrons. The van der Waals surface area contributed by atoms with Gasteiger partial charge in [-0.1, -0.05) is 37.6 Å². The molecule has 5 rings (SSSR count). The van der Waals surface area contributed by atoms with Gasteiger partial charge in [0, 0.05) is 11.0 Å². The molecule has 0 atom stereocenters. The Bertz CT molecular complexity index is 904. The summed E-state index contributed by atoms with van der Waals surface area (Å²) in [6.45, 7) is 4.92. The van der Waals surface area contributed by atoms with E-state index >= 15 is 0 Å². The minimum absolute atomic E-state index is 0.0921. The maximum atomic E-state index is 14.3. The molecule has 0 unspecified atom stereocenters. The smallest absolute Gasteiger partial charge is 0.312 e. The lowest BCUT2D eigenvalue weighted by Gasteiger charge is -2.51. The summed E-state index contributed by atoms with van der Waals surface area (Å²) in [6.07, 6.45) is 2.65. The second kappa shape index (κ2) is 8.06. The quantitative estimate of drug-likeness (QED) is 0.552. The second-order valence-corrected chi connectivity index (χ2v) is 7.84. The predicted molar refractivity (Wildman–Crippen MR) is 104 cm³/mol. The van der Waals surface area contributed by atoms with Crippen LogP contribution in [0.1, 0.15) is 32.3 Å². The standard InChI is InChI=1S/C23H23F3O4/c1-3-8-22-12-28-23(29-13-22,30-14-22)18-6-4-16(5-7-18)17-9-19(25)21(20(26)10-17)27-11-15(2)24/h4-7,9-11H,3,8,12-14H2,1-2H3/b15-11-. The molecule has 7 heteroatoms. The van der Waals surface area contributed by atoms with E-state index in [-0.39, 0.29) is 5.41 Å². The van der Waals surface area contributed by atoms with Crippen LogP contribution in [0.4, 0.5) is 13.2 Å². The summed E-state index contributed by atoms with van der Waals surface area (Å²) in [5.41, 5.74) is 1.49. The van der Waals surface area contributed by atoms with Gasteiger partial charge in [0.15, 0.2) is 17.4 Å². The number of allylic oxidation sites excluding steroid dienone is 1. The van der Waals surface area contributed by atoms with Gasteiger partial charge in [0.1, 0.15) is 12.1 Å². The lowest BCUT2D eigenvalue weighted by molar-refractivity contribution is -0.480. The van der Waals surface area contributed by atoms with Crippen LogP contribution in [0.3, 0.4) is 0 Å². The molecule has 4 nitrogen and oxygen atoms in total. The first-order valence-electron chi connectivity index (χ1n) is 9.87. The van der Waals surface area contributed by atoms with Gasteiger partial charge in [-0.25, -0.2) is 13.2 Å². The average Bonchev–Trinajstić information content (AvgIpc) is 2.74. The van der Waals surface area contributed by atoms with Crippen LogP contribution >= 0.6 is 0 Å². The van der Waals surface area contributed by atoms with Gasteiger partial charge >= 0.3 is 5.97 Å². The van der Waals surface area contributed by atoms with E-state index in [1.807, 2.05) is 0 Å². The molecule has 0 radical (unpaired) electrons. The van der Waals surface area contributed by atoms with Gasteiger partial charge in [0.2, 0.25) is 0 Å². The molecular weight excluding hydrogens is 397 g/mol. The maximum Gasteiger partial charge on any atom is 0.312 e. The minimum Gasteiger partial charge on any atom is -0.456 e. The van der Waals surface area contributed by atoms with Crippen molar-refractivity contribution in [2.45, 2.75) is 32.7 Å². The fourth-order valence-electron chi connectivity index (χ4n) is 3.84. The molecule has 0 aliphatic carbocycles. The number of rotatable bonds is 6. The summed E-state index contributed by atoms with van der Waals surface area (Å²) in [5.74, 6) is -4.43. The van der Waals surface area contributed by atoms with Crippen LogP contribution in [-0.4, -0.2) is 19.8 Å². The van der Waals surface area contributed by atoms with Crippen LogP contribution in [0.25, 0.3) is 11.1 Å². The topological polar surface area (TPSA) is 36.9 Å². The highest BCUT2D eigenvalue weighted by Gasteiger charge is 2.53. The highest BCUT2D eigenvalue weighted by atomic mass is 19.1. The zero-order chi connectivity index (χ0) is 21.4. The Labute approximate surface area is 173 Å². The summed E-state index contributed by atoms with van der Waals surface area (Å²) in [7, 11) is 0. The molecule has 2 bridgehead atoms. The van der Waals surface area contributed by atoms with Crippen molar-refractivity contribution in [3.8, 4) is 16.9 Å². The van der Waals surface area contributed by atoms with Crippen molar-refractivity contribution in [2.24, 2.45) is 5.41 Å².